The van der Waals surface area contributed by atoms with Gasteiger partial charge in [-0.3, -0.25) is 0 Å². The number of hydrogen-bond acceptors (Lipinski definition) is 3. The number of carboxylic acids is 1. The zero-order valence-corrected chi connectivity index (χ0v) is 12.3. The lowest BCUT2D eigenvalue weighted by atomic mass is 10.2. The zero-order valence-electron chi connectivity index (χ0n) is 11.5. The highest BCUT2D eigenvalue weighted by atomic mass is 32.2. The normalized spacial score (nSPS) is 10.4. The molecule has 0 aliphatic rings. The van der Waals surface area contributed by atoms with E-state index in [-0.39, 0.29) is 5.56 Å². The summed E-state index contributed by atoms with van der Waals surface area (Å²) in [5.74, 6) is -0.138. The molecule has 0 aliphatic heterocycles. The zero-order chi connectivity index (χ0) is 15.2. The molecule has 0 aliphatic carbocycles. The summed E-state index contributed by atoms with van der Waals surface area (Å²) in [6, 6.07) is 11.4. The molecule has 0 saturated heterocycles. The van der Waals surface area contributed by atoms with Gasteiger partial charge in [0.2, 0.25) is 0 Å². The summed E-state index contributed by atoms with van der Waals surface area (Å²) in [5, 5.41) is 8.89. The minimum absolute atomic E-state index is 0.0822. The molecule has 0 saturated carbocycles. The molecule has 110 valence electrons. The molecule has 0 heterocycles. The van der Waals surface area contributed by atoms with Crippen LogP contribution in [0, 0.1) is 12.7 Å². The second-order valence-electron chi connectivity index (χ2n) is 4.41. The van der Waals surface area contributed by atoms with Crippen LogP contribution in [0.15, 0.2) is 47.4 Å². The number of carbonyl (C=O) groups is 1. The van der Waals surface area contributed by atoms with Gasteiger partial charge in [-0.1, -0.05) is 18.2 Å². The minimum Gasteiger partial charge on any atom is -0.492 e. The van der Waals surface area contributed by atoms with Gasteiger partial charge in [-0.05, 0) is 36.8 Å². The van der Waals surface area contributed by atoms with Crippen molar-refractivity contribution >= 4 is 17.7 Å². The van der Waals surface area contributed by atoms with Crippen molar-refractivity contribution in [2.24, 2.45) is 0 Å². The fourth-order valence-corrected chi connectivity index (χ4v) is 2.57. The quantitative estimate of drug-likeness (QED) is 0.647. The van der Waals surface area contributed by atoms with Crippen molar-refractivity contribution in [3.8, 4) is 5.75 Å². The minimum atomic E-state index is -1.06. The monoisotopic (exact) mass is 306 g/mol. The second-order valence-corrected chi connectivity index (χ2v) is 5.55. The van der Waals surface area contributed by atoms with E-state index in [9.17, 15) is 9.18 Å². The number of rotatable bonds is 6. The number of benzene rings is 2. The van der Waals surface area contributed by atoms with Crippen LogP contribution in [0.2, 0.25) is 0 Å². The van der Waals surface area contributed by atoms with Crippen molar-refractivity contribution in [3.63, 3.8) is 0 Å². The first-order chi connectivity index (χ1) is 10.1. The Morgan fingerprint density at radius 3 is 2.76 bits per heavy atom. The molecule has 0 bridgehead atoms. The van der Waals surface area contributed by atoms with E-state index in [0.29, 0.717) is 17.3 Å². The van der Waals surface area contributed by atoms with Crippen molar-refractivity contribution in [2.75, 3.05) is 12.4 Å². The Hall–Kier alpha value is -2.01. The first kappa shape index (κ1) is 15.4. The highest BCUT2D eigenvalue weighted by molar-refractivity contribution is 7.99. The van der Waals surface area contributed by atoms with Gasteiger partial charge in [-0.15, -0.1) is 11.8 Å². The number of aryl methyl sites for hydroxylation is 1. The predicted octanol–water partition coefficient (Wildman–Crippen LogP) is 4.00. The summed E-state index contributed by atoms with van der Waals surface area (Å²) >= 11 is 1.24. The smallest absolute Gasteiger partial charge is 0.335 e. The molecule has 0 aromatic heterocycles. The van der Waals surface area contributed by atoms with Gasteiger partial charge < -0.3 is 9.84 Å². The molecular formula is C16H15FO3S. The Labute approximate surface area is 126 Å². The van der Waals surface area contributed by atoms with Crippen LogP contribution in [-0.4, -0.2) is 23.4 Å². The first-order valence-electron chi connectivity index (χ1n) is 6.42. The molecule has 21 heavy (non-hydrogen) atoms. The van der Waals surface area contributed by atoms with E-state index >= 15 is 0 Å². The lowest BCUT2D eigenvalue weighted by molar-refractivity contribution is 0.0696. The summed E-state index contributed by atoms with van der Waals surface area (Å²) in [7, 11) is 0. The van der Waals surface area contributed by atoms with E-state index in [4.69, 9.17) is 9.84 Å². The molecule has 2 rings (SSSR count). The van der Waals surface area contributed by atoms with Gasteiger partial charge in [0, 0.05) is 10.6 Å². The summed E-state index contributed by atoms with van der Waals surface area (Å²) < 4.78 is 19.2. The highest BCUT2D eigenvalue weighted by Crippen LogP contribution is 2.24. The molecule has 0 amide bonds. The van der Waals surface area contributed by atoms with Crippen molar-refractivity contribution in [1.29, 1.82) is 0 Å². The van der Waals surface area contributed by atoms with Crippen LogP contribution in [0.5, 0.6) is 5.75 Å². The van der Waals surface area contributed by atoms with Crippen LogP contribution in [0.25, 0.3) is 0 Å². The van der Waals surface area contributed by atoms with Crippen LogP contribution in [0.3, 0.4) is 0 Å². The SMILES string of the molecule is Cc1ccccc1OCCSc1cc(C(=O)O)ccc1F. The van der Waals surface area contributed by atoms with Crippen molar-refractivity contribution < 1.29 is 19.0 Å². The topological polar surface area (TPSA) is 46.5 Å². The molecule has 5 heteroatoms. The number of aromatic carboxylic acids is 1. The summed E-state index contributed by atoms with van der Waals surface area (Å²) in [5.41, 5.74) is 1.13. The van der Waals surface area contributed by atoms with E-state index in [2.05, 4.69) is 0 Å². The lowest BCUT2D eigenvalue weighted by Crippen LogP contribution is -2.02. The van der Waals surface area contributed by atoms with Crippen LogP contribution in [0.4, 0.5) is 4.39 Å². The van der Waals surface area contributed by atoms with Gasteiger partial charge in [0.25, 0.3) is 0 Å². The molecule has 2 aromatic rings. The maximum atomic E-state index is 13.6. The van der Waals surface area contributed by atoms with E-state index in [1.165, 1.54) is 30.0 Å². The molecule has 0 spiro atoms. The third-order valence-corrected chi connectivity index (χ3v) is 3.86. The number of halogens is 1. The van der Waals surface area contributed by atoms with Gasteiger partial charge in [0.1, 0.15) is 11.6 Å². The standard InChI is InChI=1S/C16H15FO3S/c1-11-4-2-3-5-14(11)20-8-9-21-15-10-12(16(18)19)6-7-13(15)17/h2-7,10H,8-9H2,1H3,(H,18,19). The van der Waals surface area contributed by atoms with E-state index in [0.717, 1.165) is 11.3 Å². The molecule has 0 unspecified atom stereocenters. The van der Waals surface area contributed by atoms with Crippen LogP contribution < -0.4 is 4.74 Å². The van der Waals surface area contributed by atoms with Gasteiger partial charge in [0.15, 0.2) is 0 Å². The number of para-hydroxylation sites is 1. The van der Waals surface area contributed by atoms with E-state index in [1.807, 2.05) is 31.2 Å². The summed E-state index contributed by atoms with van der Waals surface area (Å²) in [6.45, 7) is 2.38. The van der Waals surface area contributed by atoms with Gasteiger partial charge >= 0.3 is 5.97 Å². The van der Waals surface area contributed by atoms with Crippen molar-refractivity contribution in [3.05, 3.63) is 59.4 Å². The second kappa shape index (κ2) is 7.13. The Kier molecular flexibility index (Phi) is 5.22. The lowest BCUT2D eigenvalue weighted by Gasteiger charge is -2.09. The molecular weight excluding hydrogens is 291 g/mol. The Morgan fingerprint density at radius 1 is 1.29 bits per heavy atom. The average molecular weight is 306 g/mol. The Morgan fingerprint density at radius 2 is 2.05 bits per heavy atom. The van der Waals surface area contributed by atoms with E-state index < -0.39 is 11.8 Å². The third-order valence-electron chi connectivity index (χ3n) is 2.87. The molecule has 0 atom stereocenters. The molecule has 0 fully saturated rings. The van der Waals surface area contributed by atoms with Crippen LogP contribution in [-0.2, 0) is 0 Å². The molecule has 0 radical (unpaired) electrons. The maximum Gasteiger partial charge on any atom is 0.335 e. The number of hydrogen-bond donors (Lipinski definition) is 1. The number of thioether (sulfide) groups is 1. The highest BCUT2D eigenvalue weighted by Gasteiger charge is 2.09. The largest absolute Gasteiger partial charge is 0.492 e. The van der Waals surface area contributed by atoms with Crippen molar-refractivity contribution in [1.82, 2.24) is 0 Å². The third kappa shape index (κ3) is 4.23. The van der Waals surface area contributed by atoms with E-state index in [1.54, 1.807) is 0 Å². The summed E-state index contributed by atoms with van der Waals surface area (Å²) in [4.78, 5) is 11.2. The maximum absolute atomic E-state index is 13.6. The van der Waals surface area contributed by atoms with Gasteiger partial charge in [-0.25, -0.2) is 9.18 Å². The Bertz CT molecular complexity index is 643. The first-order valence-corrected chi connectivity index (χ1v) is 7.40. The van der Waals surface area contributed by atoms with Gasteiger partial charge in [0.05, 0.1) is 12.2 Å². The fourth-order valence-electron chi connectivity index (χ4n) is 1.77. The molecule has 1 N–H and O–H groups in total. The molecule has 2 aromatic carbocycles. The number of ether oxygens (including phenoxy) is 1. The molecule has 3 nitrogen and oxygen atoms in total. The Balaban J connectivity index is 1.90. The van der Waals surface area contributed by atoms with Gasteiger partial charge in [-0.2, -0.15) is 0 Å². The van der Waals surface area contributed by atoms with Crippen molar-refractivity contribution in [2.45, 2.75) is 11.8 Å². The number of carboxylic acid groups (broad SMARTS) is 1. The van der Waals surface area contributed by atoms with Crippen LogP contribution in [0.1, 0.15) is 15.9 Å². The van der Waals surface area contributed by atoms with Crippen LogP contribution >= 0.6 is 11.8 Å². The fraction of sp³-hybridized carbons (Fsp3) is 0.188. The average Bonchev–Trinajstić information content (AvgIpc) is 2.46. The summed E-state index contributed by atoms with van der Waals surface area (Å²) in [6.07, 6.45) is 0. The predicted molar refractivity (Wildman–Crippen MR) is 80.8 cm³/mol.